The van der Waals surface area contributed by atoms with Crippen molar-refractivity contribution in [1.29, 1.82) is 0 Å². The van der Waals surface area contributed by atoms with E-state index < -0.39 is 5.54 Å². The fourth-order valence-electron chi connectivity index (χ4n) is 1.95. The monoisotopic (exact) mass is 186 g/mol. The molecule has 0 aromatic carbocycles. The molecule has 0 radical (unpaired) electrons. The van der Waals surface area contributed by atoms with Gasteiger partial charge in [-0.2, -0.15) is 0 Å². The van der Waals surface area contributed by atoms with Crippen molar-refractivity contribution < 1.29 is 9.53 Å². The molecule has 0 aromatic rings. The molecule has 1 rings (SSSR count). The number of carbonyl (C=O) groups is 1. The quantitative estimate of drug-likeness (QED) is 0.588. The maximum absolute atomic E-state index is 11.2. The van der Waals surface area contributed by atoms with E-state index in [2.05, 4.69) is 12.2 Å². The van der Waals surface area contributed by atoms with Gasteiger partial charge < -0.3 is 15.8 Å². The molecule has 1 amide bonds. The topological polar surface area (TPSA) is 64.3 Å². The number of rotatable bonds is 5. The molecule has 1 aliphatic carbocycles. The molecule has 0 aromatic heterocycles. The van der Waals surface area contributed by atoms with Crippen LogP contribution in [0.2, 0.25) is 0 Å². The van der Waals surface area contributed by atoms with Crippen LogP contribution in [0.3, 0.4) is 0 Å². The number of hydrogen-bond acceptors (Lipinski definition) is 3. The Morgan fingerprint density at radius 1 is 1.69 bits per heavy atom. The summed E-state index contributed by atoms with van der Waals surface area (Å²) in [5.41, 5.74) is 4.89. The summed E-state index contributed by atoms with van der Waals surface area (Å²) in [6, 6.07) is 0. The van der Waals surface area contributed by atoms with E-state index >= 15 is 0 Å². The van der Waals surface area contributed by atoms with Gasteiger partial charge in [0.05, 0.1) is 12.1 Å². The molecular weight excluding hydrogens is 168 g/mol. The molecule has 4 nitrogen and oxygen atoms in total. The van der Waals surface area contributed by atoms with Crippen LogP contribution in [-0.2, 0) is 9.53 Å². The van der Waals surface area contributed by atoms with Crippen molar-refractivity contribution in [2.45, 2.75) is 25.3 Å². The SMILES string of the molecule is COCCNC1(C(N)=O)CC(C)C1. The fraction of sp³-hybridized carbons (Fsp3) is 0.889. The van der Waals surface area contributed by atoms with Gasteiger partial charge in [-0.3, -0.25) is 4.79 Å². The minimum Gasteiger partial charge on any atom is -0.383 e. The van der Waals surface area contributed by atoms with Gasteiger partial charge in [0.1, 0.15) is 0 Å². The lowest BCUT2D eigenvalue weighted by molar-refractivity contribution is -0.129. The van der Waals surface area contributed by atoms with E-state index in [1.54, 1.807) is 7.11 Å². The van der Waals surface area contributed by atoms with Crippen molar-refractivity contribution in [3.8, 4) is 0 Å². The van der Waals surface area contributed by atoms with Gasteiger partial charge in [0.2, 0.25) is 5.91 Å². The Balaban J connectivity index is 2.36. The normalized spacial score (nSPS) is 32.6. The summed E-state index contributed by atoms with van der Waals surface area (Å²) in [5.74, 6) is 0.365. The summed E-state index contributed by atoms with van der Waals surface area (Å²) in [4.78, 5) is 11.2. The number of nitrogens with two attached hydrogens (primary N) is 1. The molecule has 1 aliphatic rings. The average molecular weight is 186 g/mol. The van der Waals surface area contributed by atoms with Crippen LogP contribution in [0.5, 0.6) is 0 Å². The third-order valence-corrected chi connectivity index (χ3v) is 2.64. The molecule has 0 spiro atoms. The second kappa shape index (κ2) is 4.07. The predicted molar refractivity (Wildman–Crippen MR) is 50.2 cm³/mol. The molecule has 0 unspecified atom stereocenters. The fourth-order valence-corrected chi connectivity index (χ4v) is 1.95. The zero-order chi connectivity index (χ0) is 9.90. The van der Waals surface area contributed by atoms with Crippen molar-refractivity contribution >= 4 is 5.91 Å². The van der Waals surface area contributed by atoms with Crippen molar-refractivity contribution in [2.24, 2.45) is 11.7 Å². The molecule has 4 heteroatoms. The van der Waals surface area contributed by atoms with Crippen molar-refractivity contribution in [3.63, 3.8) is 0 Å². The number of carbonyl (C=O) groups excluding carboxylic acids is 1. The highest BCUT2D eigenvalue weighted by atomic mass is 16.5. The Morgan fingerprint density at radius 3 is 2.69 bits per heavy atom. The number of ether oxygens (including phenoxy) is 1. The maximum Gasteiger partial charge on any atom is 0.237 e. The van der Waals surface area contributed by atoms with E-state index in [0.717, 1.165) is 12.8 Å². The maximum atomic E-state index is 11.2. The van der Waals surface area contributed by atoms with Crippen molar-refractivity contribution in [1.82, 2.24) is 5.32 Å². The molecule has 3 N–H and O–H groups in total. The second-order valence-corrected chi connectivity index (χ2v) is 3.88. The minimum atomic E-state index is -0.446. The Labute approximate surface area is 78.8 Å². The van der Waals surface area contributed by atoms with Crippen LogP contribution in [0.1, 0.15) is 19.8 Å². The highest BCUT2D eigenvalue weighted by Crippen LogP contribution is 2.36. The summed E-state index contributed by atoms with van der Waals surface area (Å²) in [7, 11) is 1.64. The molecule has 1 fully saturated rings. The Hall–Kier alpha value is -0.610. The Kier molecular flexibility index (Phi) is 3.27. The number of nitrogens with one attached hydrogen (secondary N) is 1. The number of primary amides is 1. The van der Waals surface area contributed by atoms with Gasteiger partial charge in [-0.15, -0.1) is 0 Å². The van der Waals surface area contributed by atoms with E-state index in [9.17, 15) is 4.79 Å². The molecule has 1 saturated carbocycles. The molecule has 0 saturated heterocycles. The molecule has 0 bridgehead atoms. The third-order valence-electron chi connectivity index (χ3n) is 2.64. The van der Waals surface area contributed by atoms with Gasteiger partial charge in [-0.05, 0) is 18.8 Å². The molecule has 0 heterocycles. The van der Waals surface area contributed by atoms with Crippen LogP contribution < -0.4 is 11.1 Å². The highest BCUT2D eigenvalue weighted by molar-refractivity contribution is 5.85. The third kappa shape index (κ3) is 2.19. The van der Waals surface area contributed by atoms with Gasteiger partial charge in [-0.25, -0.2) is 0 Å². The van der Waals surface area contributed by atoms with Crippen molar-refractivity contribution in [3.05, 3.63) is 0 Å². The molecular formula is C9H18N2O2. The number of hydrogen-bond donors (Lipinski definition) is 2. The molecule has 0 aliphatic heterocycles. The molecule has 76 valence electrons. The summed E-state index contributed by atoms with van der Waals surface area (Å²) < 4.78 is 4.90. The first-order valence-electron chi connectivity index (χ1n) is 4.64. The lowest BCUT2D eigenvalue weighted by Crippen LogP contribution is -2.63. The minimum absolute atomic E-state index is 0.235. The van der Waals surface area contributed by atoms with Crippen LogP contribution >= 0.6 is 0 Å². The first-order valence-corrected chi connectivity index (χ1v) is 4.64. The van der Waals surface area contributed by atoms with Crippen molar-refractivity contribution in [2.75, 3.05) is 20.3 Å². The van der Waals surface area contributed by atoms with Crippen LogP contribution in [-0.4, -0.2) is 31.7 Å². The smallest absolute Gasteiger partial charge is 0.237 e. The van der Waals surface area contributed by atoms with E-state index in [1.807, 2.05) is 0 Å². The molecule has 13 heavy (non-hydrogen) atoms. The van der Waals surface area contributed by atoms with Crippen LogP contribution in [0.15, 0.2) is 0 Å². The van der Waals surface area contributed by atoms with Crippen LogP contribution in [0.4, 0.5) is 0 Å². The van der Waals surface area contributed by atoms with E-state index in [-0.39, 0.29) is 5.91 Å². The lowest BCUT2D eigenvalue weighted by atomic mass is 9.68. The first kappa shape index (κ1) is 10.5. The van der Waals surface area contributed by atoms with Gasteiger partial charge in [0, 0.05) is 13.7 Å². The summed E-state index contributed by atoms with van der Waals surface area (Å²) in [6.45, 7) is 3.43. The predicted octanol–water partition coefficient (Wildman–Crippen LogP) is -0.124. The van der Waals surface area contributed by atoms with Gasteiger partial charge in [0.15, 0.2) is 0 Å². The second-order valence-electron chi connectivity index (χ2n) is 3.88. The largest absolute Gasteiger partial charge is 0.383 e. The van der Waals surface area contributed by atoms with Gasteiger partial charge in [0.25, 0.3) is 0 Å². The Morgan fingerprint density at radius 2 is 2.31 bits per heavy atom. The van der Waals surface area contributed by atoms with E-state index in [4.69, 9.17) is 10.5 Å². The van der Waals surface area contributed by atoms with Crippen LogP contribution in [0.25, 0.3) is 0 Å². The zero-order valence-corrected chi connectivity index (χ0v) is 8.30. The summed E-state index contributed by atoms with van der Waals surface area (Å²) in [5, 5.41) is 3.16. The molecule has 0 atom stereocenters. The number of amides is 1. The first-order chi connectivity index (χ1) is 6.10. The van der Waals surface area contributed by atoms with Crippen LogP contribution in [0, 0.1) is 5.92 Å². The zero-order valence-electron chi connectivity index (χ0n) is 8.30. The number of methoxy groups -OCH3 is 1. The highest BCUT2D eigenvalue weighted by Gasteiger charge is 2.46. The average Bonchev–Trinajstić information content (AvgIpc) is 2.00. The van der Waals surface area contributed by atoms with Gasteiger partial charge >= 0.3 is 0 Å². The Bertz CT molecular complexity index is 188. The van der Waals surface area contributed by atoms with Gasteiger partial charge in [-0.1, -0.05) is 6.92 Å². The summed E-state index contributed by atoms with van der Waals surface area (Å²) >= 11 is 0. The van der Waals surface area contributed by atoms with E-state index in [1.165, 1.54) is 0 Å². The van der Waals surface area contributed by atoms with E-state index in [0.29, 0.717) is 19.1 Å². The standard InChI is InChI=1S/C9H18N2O2/c1-7-5-9(6-7,8(10)12)11-3-4-13-2/h7,11H,3-6H2,1-2H3,(H2,10,12). The summed E-state index contributed by atoms with van der Waals surface area (Å²) in [6.07, 6.45) is 1.71. The lowest BCUT2D eigenvalue weighted by Gasteiger charge is -2.44.